The van der Waals surface area contributed by atoms with Gasteiger partial charge in [0.2, 0.25) is 0 Å². The van der Waals surface area contributed by atoms with Gasteiger partial charge in [-0.25, -0.2) is 0 Å². The predicted octanol–water partition coefficient (Wildman–Crippen LogP) is 5.48. The van der Waals surface area contributed by atoms with Gasteiger partial charge in [-0.15, -0.1) is 0 Å². The minimum Gasteiger partial charge on any atom is -0.466 e. The average molecular weight is 600 g/mol. The van der Waals surface area contributed by atoms with Crippen molar-refractivity contribution in [2.24, 2.45) is 5.73 Å². The third-order valence-corrected chi connectivity index (χ3v) is 8.84. The van der Waals surface area contributed by atoms with E-state index in [9.17, 15) is 18.0 Å². The van der Waals surface area contributed by atoms with Crippen LogP contribution in [0.25, 0.3) is 11.1 Å². The summed E-state index contributed by atoms with van der Waals surface area (Å²) in [5.41, 5.74) is 12.2. The van der Waals surface area contributed by atoms with Crippen LogP contribution in [0.4, 0.5) is 0 Å². The molecule has 4 aromatic carbocycles. The van der Waals surface area contributed by atoms with E-state index in [0.29, 0.717) is 5.56 Å². The Kier molecular flexibility index (Phi) is 8.94. The van der Waals surface area contributed by atoms with Crippen LogP contribution in [0.3, 0.4) is 0 Å². The highest BCUT2D eigenvalue weighted by Gasteiger charge is 2.33. The molecule has 1 aliphatic carbocycles. The van der Waals surface area contributed by atoms with Gasteiger partial charge in [-0.1, -0.05) is 78.4 Å². The summed E-state index contributed by atoms with van der Waals surface area (Å²) in [4.78, 5) is 25.8. The molecule has 0 bridgehead atoms. The summed E-state index contributed by atoms with van der Waals surface area (Å²) < 4.78 is 41.6. The third-order valence-electron chi connectivity index (χ3n) is 7.58. The molecule has 2 atom stereocenters. The van der Waals surface area contributed by atoms with Gasteiger partial charge in [-0.05, 0) is 65.9 Å². The van der Waals surface area contributed by atoms with Crippen molar-refractivity contribution in [2.75, 3.05) is 13.2 Å². The number of benzene rings is 4. The zero-order chi connectivity index (χ0) is 30.6. The lowest BCUT2D eigenvalue weighted by Crippen LogP contribution is -2.40. The van der Waals surface area contributed by atoms with Crippen LogP contribution >= 0.6 is 0 Å². The number of aryl methyl sites for hydroxylation is 1. The van der Waals surface area contributed by atoms with Gasteiger partial charge < -0.3 is 19.4 Å². The normalized spacial score (nSPS) is 13.8. The number of esters is 2. The number of nitrogens with two attached hydrogens (primary N) is 1. The SMILES string of the molecule is CCOC(=O)CC(c1ccc(OS(=O)(=O)c2ccc(C)cc2)cc1)C(N)C(=O)OCC1c2ccccc2-c2ccccc21. The number of carbonyl (C=O) groups is 2. The molecule has 5 rings (SSSR count). The van der Waals surface area contributed by atoms with Crippen molar-refractivity contribution >= 4 is 22.1 Å². The quantitative estimate of drug-likeness (QED) is 0.178. The zero-order valence-corrected chi connectivity index (χ0v) is 24.8. The van der Waals surface area contributed by atoms with E-state index in [2.05, 4.69) is 12.1 Å². The Morgan fingerprint density at radius 2 is 1.40 bits per heavy atom. The van der Waals surface area contributed by atoms with Crippen molar-refractivity contribution in [2.45, 2.75) is 43.0 Å². The molecule has 0 saturated carbocycles. The molecule has 9 heteroatoms. The van der Waals surface area contributed by atoms with E-state index in [0.717, 1.165) is 27.8 Å². The first kappa shape index (κ1) is 30.0. The number of rotatable bonds is 11. The molecule has 0 spiro atoms. The van der Waals surface area contributed by atoms with Crippen LogP contribution in [0.15, 0.2) is 102 Å². The average Bonchev–Trinajstić information content (AvgIpc) is 3.32. The van der Waals surface area contributed by atoms with Crippen molar-refractivity contribution in [3.63, 3.8) is 0 Å². The lowest BCUT2D eigenvalue weighted by Gasteiger charge is -2.23. The summed E-state index contributed by atoms with van der Waals surface area (Å²) in [6.07, 6.45) is -0.166. The van der Waals surface area contributed by atoms with Crippen molar-refractivity contribution in [1.29, 1.82) is 0 Å². The van der Waals surface area contributed by atoms with Crippen molar-refractivity contribution in [1.82, 2.24) is 0 Å². The van der Waals surface area contributed by atoms with Gasteiger partial charge >= 0.3 is 22.1 Å². The molecule has 0 saturated heterocycles. The highest BCUT2D eigenvalue weighted by molar-refractivity contribution is 7.87. The van der Waals surface area contributed by atoms with E-state index >= 15 is 0 Å². The fourth-order valence-electron chi connectivity index (χ4n) is 5.37. The number of fused-ring (bicyclic) bond motifs is 3. The summed E-state index contributed by atoms with van der Waals surface area (Å²) in [7, 11) is -4.05. The van der Waals surface area contributed by atoms with E-state index in [4.69, 9.17) is 19.4 Å². The molecule has 8 nitrogen and oxygen atoms in total. The van der Waals surface area contributed by atoms with Gasteiger partial charge in [-0.2, -0.15) is 8.42 Å². The van der Waals surface area contributed by atoms with Crippen LogP contribution in [0.5, 0.6) is 5.75 Å². The van der Waals surface area contributed by atoms with Crippen LogP contribution in [-0.4, -0.2) is 39.6 Å². The number of carbonyl (C=O) groups excluding carboxylic acids is 2. The van der Waals surface area contributed by atoms with Gasteiger partial charge in [0, 0.05) is 11.8 Å². The van der Waals surface area contributed by atoms with Crippen LogP contribution < -0.4 is 9.92 Å². The minimum atomic E-state index is -4.05. The second-order valence-corrected chi connectivity index (χ2v) is 12.0. The fourth-order valence-corrected chi connectivity index (χ4v) is 6.30. The molecule has 4 aromatic rings. The highest BCUT2D eigenvalue weighted by Crippen LogP contribution is 2.44. The van der Waals surface area contributed by atoms with E-state index < -0.39 is 34.0 Å². The molecule has 0 radical (unpaired) electrons. The Balaban J connectivity index is 1.32. The topological polar surface area (TPSA) is 122 Å². The molecule has 0 aliphatic heterocycles. The summed E-state index contributed by atoms with van der Waals surface area (Å²) in [5, 5.41) is 0. The maximum atomic E-state index is 13.3. The van der Waals surface area contributed by atoms with Crippen molar-refractivity contribution in [3.8, 4) is 16.9 Å². The number of ether oxygens (including phenoxy) is 2. The van der Waals surface area contributed by atoms with E-state index in [1.807, 2.05) is 43.3 Å². The molecule has 43 heavy (non-hydrogen) atoms. The third kappa shape index (κ3) is 6.63. The maximum Gasteiger partial charge on any atom is 0.339 e. The van der Waals surface area contributed by atoms with E-state index in [1.165, 1.54) is 24.3 Å². The molecule has 0 fully saturated rings. The van der Waals surface area contributed by atoms with E-state index in [-0.39, 0.29) is 36.2 Å². The van der Waals surface area contributed by atoms with Crippen molar-refractivity contribution < 1.29 is 31.7 Å². The van der Waals surface area contributed by atoms with Crippen LogP contribution in [0, 0.1) is 6.92 Å². The first-order chi connectivity index (χ1) is 20.7. The number of hydrogen-bond donors (Lipinski definition) is 1. The Bertz CT molecular complexity index is 1670. The molecule has 222 valence electrons. The Labute approximate surface area is 251 Å². The molecule has 0 aromatic heterocycles. The van der Waals surface area contributed by atoms with Gasteiger partial charge in [0.05, 0.1) is 13.0 Å². The largest absolute Gasteiger partial charge is 0.466 e. The molecule has 2 unspecified atom stereocenters. The van der Waals surface area contributed by atoms with Crippen LogP contribution in [0.2, 0.25) is 0 Å². The van der Waals surface area contributed by atoms with Gasteiger partial charge in [0.1, 0.15) is 23.3 Å². The first-order valence-electron chi connectivity index (χ1n) is 14.0. The van der Waals surface area contributed by atoms with Gasteiger partial charge in [0.25, 0.3) is 0 Å². The van der Waals surface area contributed by atoms with Gasteiger partial charge in [-0.3, -0.25) is 9.59 Å². The molecule has 0 heterocycles. The lowest BCUT2D eigenvalue weighted by atomic mass is 9.89. The first-order valence-corrected chi connectivity index (χ1v) is 15.5. The van der Waals surface area contributed by atoms with E-state index in [1.54, 1.807) is 31.2 Å². The van der Waals surface area contributed by atoms with Gasteiger partial charge in [0.15, 0.2) is 0 Å². The Hall–Kier alpha value is -4.47. The lowest BCUT2D eigenvalue weighted by molar-refractivity contribution is -0.147. The summed E-state index contributed by atoms with van der Waals surface area (Å²) in [6.45, 7) is 3.82. The monoisotopic (exact) mass is 599 g/mol. The zero-order valence-electron chi connectivity index (χ0n) is 23.9. The Morgan fingerprint density at radius 1 is 0.814 bits per heavy atom. The number of hydrogen-bond acceptors (Lipinski definition) is 8. The predicted molar refractivity (Wildman–Crippen MR) is 162 cm³/mol. The molecule has 1 aliphatic rings. The molecule has 0 amide bonds. The summed E-state index contributed by atoms with van der Waals surface area (Å²) >= 11 is 0. The molecule has 2 N–H and O–H groups in total. The molecular weight excluding hydrogens is 566 g/mol. The smallest absolute Gasteiger partial charge is 0.339 e. The van der Waals surface area contributed by atoms with Crippen molar-refractivity contribution in [3.05, 3.63) is 119 Å². The second kappa shape index (κ2) is 12.8. The Morgan fingerprint density at radius 3 is 1.98 bits per heavy atom. The van der Waals surface area contributed by atoms with Crippen LogP contribution in [0.1, 0.15) is 47.4 Å². The summed E-state index contributed by atoms with van der Waals surface area (Å²) in [6, 6.07) is 27.3. The fraction of sp³-hybridized carbons (Fsp3) is 0.235. The highest BCUT2D eigenvalue weighted by atomic mass is 32.2. The molecular formula is C34H33NO7S. The second-order valence-electron chi connectivity index (χ2n) is 10.4. The van der Waals surface area contributed by atoms with Crippen LogP contribution in [-0.2, 0) is 29.2 Å². The standard InChI is InChI=1S/C34H33NO7S/c1-3-40-32(36)20-30(23-14-16-24(17-15-23)42-43(38,39)25-18-12-22(2)13-19-25)33(35)34(37)41-21-31-28-10-6-4-8-26(28)27-9-5-7-11-29(27)31/h4-19,30-31,33H,3,20-21,35H2,1-2H3. The summed E-state index contributed by atoms with van der Waals surface area (Å²) in [5.74, 6) is -2.01. The maximum absolute atomic E-state index is 13.3. The minimum absolute atomic E-state index is 0.0274.